The molecule has 0 aliphatic carbocycles. The van der Waals surface area contributed by atoms with Crippen molar-refractivity contribution in [1.82, 2.24) is 14.7 Å². The molecule has 1 fully saturated rings. The Kier molecular flexibility index (Phi) is 6.40. The standard InChI is InChI=1S/C23H32N4O2/c1-16(2)15-27-18(4)22(17(3)24-27)14-23(29)26-12-10-25(11-13-26)21-8-6-20(7-9-21)19(5)28/h6-9,16H,10-15H2,1-5H3. The summed E-state index contributed by atoms with van der Waals surface area (Å²) >= 11 is 0. The zero-order valence-corrected chi connectivity index (χ0v) is 18.2. The molecule has 0 N–H and O–H groups in total. The molecule has 0 bridgehead atoms. The number of carbonyl (C=O) groups is 2. The predicted molar refractivity (Wildman–Crippen MR) is 115 cm³/mol. The molecule has 0 atom stereocenters. The van der Waals surface area contributed by atoms with Crippen molar-refractivity contribution in [3.05, 3.63) is 46.8 Å². The highest BCUT2D eigenvalue weighted by molar-refractivity contribution is 5.94. The minimum Gasteiger partial charge on any atom is -0.368 e. The van der Waals surface area contributed by atoms with Crippen LogP contribution in [0.2, 0.25) is 0 Å². The molecule has 0 radical (unpaired) electrons. The van der Waals surface area contributed by atoms with Gasteiger partial charge in [-0.15, -0.1) is 0 Å². The number of amides is 1. The first-order chi connectivity index (χ1) is 13.8. The van der Waals surface area contributed by atoms with Gasteiger partial charge in [-0.2, -0.15) is 5.10 Å². The number of hydrogen-bond donors (Lipinski definition) is 0. The van der Waals surface area contributed by atoms with E-state index in [9.17, 15) is 9.59 Å². The molecule has 3 rings (SSSR count). The van der Waals surface area contributed by atoms with E-state index in [0.29, 0.717) is 25.4 Å². The maximum absolute atomic E-state index is 12.9. The van der Waals surface area contributed by atoms with Gasteiger partial charge in [-0.25, -0.2) is 0 Å². The van der Waals surface area contributed by atoms with Crippen LogP contribution in [0.1, 0.15) is 48.1 Å². The lowest BCUT2D eigenvalue weighted by Crippen LogP contribution is -2.49. The molecular formula is C23H32N4O2. The number of nitrogens with zero attached hydrogens (tertiary/aromatic N) is 4. The number of aromatic nitrogens is 2. The van der Waals surface area contributed by atoms with E-state index in [1.54, 1.807) is 6.92 Å². The average Bonchev–Trinajstić information content (AvgIpc) is 2.95. The molecule has 156 valence electrons. The molecule has 1 aromatic heterocycles. The van der Waals surface area contributed by atoms with Gasteiger partial charge in [0.15, 0.2) is 5.78 Å². The second-order valence-corrected chi connectivity index (χ2v) is 8.37. The highest BCUT2D eigenvalue weighted by atomic mass is 16.2. The molecular weight excluding hydrogens is 364 g/mol. The van der Waals surface area contributed by atoms with Gasteiger partial charge in [-0.3, -0.25) is 14.3 Å². The second kappa shape index (κ2) is 8.80. The molecule has 0 spiro atoms. The van der Waals surface area contributed by atoms with Gasteiger partial charge >= 0.3 is 0 Å². The van der Waals surface area contributed by atoms with E-state index >= 15 is 0 Å². The third-order valence-corrected chi connectivity index (χ3v) is 5.67. The van der Waals surface area contributed by atoms with Gasteiger partial charge in [0.2, 0.25) is 5.91 Å². The number of piperazine rings is 1. The molecule has 1 aliphatic rings. The van der Waals surface area contributed by atoms with Gasteiger partial charge in [0.1, 0.15) is 0 Å². The Morgan fingerprint density at radius 1 is 1.03 bits per heavy atom. The van der Waals surface area contributed by atoms with Crippen LogP contribution in [0.3, 0.4) is 0 Å². The maximum atomic E-state index is 12.9. The largest absolute Gasteiger partial charge is 0.368 e. The molecule has 0 saturated carbocycles. The number of hydrogen-bond acceptors (Lipinski definition) is 4. The fraction of sp³-hybridized carbons (Fsp3) is 0.522. The lowest BCUT2D eigenvalue weighted by atomic mass is 10.1. The van der Waals surface area contributed by atoms with Crippen LogP contribution in [0, 0.1) is 19.8 Å². The summed E-state index contributed by atoms with van der Waals surface area (Å²) in [5.41, 5.74) is 4.96. The first kappa shape index (κ1) is 21.1. The Morgan fingerprint density at radius 3 is 2.21 bits per heavy atom. The Balaban J connectivity index is 1.59. The van der Waals surface area contributed by atoms with Crippen molar-refractivity contribution >= 4 is 17.4 Å². The van der Waals surface area contributed by atoms with Crippen LogP contribution in [-0.2, 0) is 17.8 Å². The van der Waals surface area contributed by atoms with E-state index in [1.165, 1.54) is 0 Å². The molecule has 1 saturated heterocycles. The summed E-state index contributed by atoms with van der Waals surface area (Å²) in [7, 11) is 0. The van der Waals surface area contributed by atoms with Crippen LogP contribution < -0.4 is 4.90 Å². The Bertz CT molecular complexity index is 875. The molecule has 2 heterocycles. The van der Waals surface area contributed by atoms with Gasteiger partial charge in [0, 0.05) is 55.2 Å². The molecule has 1 aliphatic heterocycles. The van der Waals surface area contributed by atoms with E-state index < -0.39 is 0 Å². The molecule has 6 heteroatoms. The van der Waals surface area contributed by atoms with Crippen molar-refractivity contribution in [3.8, 4) is 0 Å². The number of rotatable bonds is 6. The van der Waals surface area contributed by atoms with Gasteiger partial charge in [-0.05, 0) is 51.0 Å². The topological polar surface area (TPSA) is 58.4 Å². The van der Waals surface area contributed by atoms with Crippen LogP contribution in [0.5, 0.6) is 0 Å². The summed E-state index contributed by atoms with van der Waals surface area (Å²) < 4.78 is 2.03. The number of benzene rings is 1. The Morgan fingerprint density at radius 2 is 1.66 bits per heavy atom. The van der Waals surface area contributed by atoms with Crippen LogP contribution in [0.4, 0.5) is 5.69 Å². The zero-order valence-electron chi connectivity index (χ0n) is 18.2. The Hall–Kier alpha value is -2.63. The SMILES string of the molecule is CC(=O)c1ccc(N2CCN(C(=O)Cc3c(C)nn(CC(C)C)c3C)CC2)cc1. The minimum atomic E-state index is 0.0780. The predicted octanol–water partition coefficient (Wildman–Crippen LogP) is 3.25. The minimum absolute atomic E-state index is 0.0780. The third kappa shape index (κ3) is 4.86. The van der Waals surface area contributed by atoms with E-state index in [0.717, 1.165) is 47.8 Å². The quantitative estimate of drug-likeness (QED) is 0.704. The molecule has 2 aromatic rings. The van der Waals surface area contributed by atoms with Crippen molar-refractivity contribution in [2.45, 2.75) is 47.6 Å². The smallest absolute Gasteiger partial charge is 0.227 e. The van der Waals surface area contributed by atoms with Crippen LogP contribution in [0.25, 0.3) is 0 Å². The van der Waals surface area contributed by atoms with Crippen molar-refractivity contribution < 1.29 is 9.59 Å². The highest BCUT2D eigenvalue weighted by Gasteiger charge is 2.24. The van der Waals surface area contributed by atoms with Crippen molar-refractivity contribution in [3.63, 3.8) is 0 Å². The van der Waals surface area contributed by atoms with Crippen molar-refractivity contribution in [2.75, 3.05) is 31.1 Å². The molecule has 0 unspecified atom stereocenters. The zero-order chi connectivity index (χ0) is 21.1. The van der Waals surface area contributed by atoms with Gasteiger partial charge in [0.05, 0.1) is 12.1 Å². The lowest BCUT2D eigenvalue weighted by Gasteiger charge is -2.36. The number of ketones is 1. The van der Waals surface area contributed by atoms with Gasteiger partial charge in [0.25, 0.3) is 0 Å². The fourth-order valence-corrected chi connectivity index (χ4v) is 3.90. The molecule has 1 amide bonds. The van der Waals surface area contributed by atoms with E-state index in [2.05, 4.69) is 30.8 Å². The van der Waals surface area contributed by atoms with E-state index in [1.807, 2.05) is 40.8 Å². The van der Waals surface area contributed by atoms with Crippen LogP contribution >= 0.6 is 0 Å². The summed E-state index contributed by atoms with van der Waals surface area (Å²) in [5, 5.41) is 4.63. The first-order valence-corrected chi connectivity index (χ1v) is 10.4. The van der Waals surface area contributed by atoms with Crippen LogP contribution in [0.15, 0.2) is 24.3 Å². The van der Waals surface area contributed by atoms with Gasteiger partial charge in [-0.1, -0.05) is 13.8 Å². The van der Waals surface area contributed by atoms with E-state index in [-0.39, 0.29) is 11.7 Å². The first-order valence-electron chi connectivity index (χ1n) is 10.4. The summed E-state index contributed by atoms with van der Waals surface area (Å²) in [6.45, 7) is 13.9. The summed E-state index contributed by atoms with van der Waals surface area (Å²) in [6, 6.07) is 7.72. The second-order valence-electron chi connectivity index (χ2n) is 8.37. The van der Waals surface area contributed by atoms with Gasteiger partial charge < -0.3 is 9.80 Å². The summed E-state index contributed by atoms with van der Waals surface area (Å²) in [4.78, 5) is 28.6. The normalized spacial score (nSPS) is 14.6. The third-order valence-electron chi connectivity index (χ3n) is 5.67. The van der Waals surface area contributed by atoms with Crippen molar-refractivity contribution in [2.24, 2.45) is 5.92 Å². The molecule has 6 nitrogen and oxygen atoms in total. The maximum Gasteiger partial charge on any atom is 0.227 e. The van der Waals surface area contributed by atoms with Crippen LogP contribution in [-0.4, -0.2) is 52.5 Å². The highest BCUT2D eigenvalue weighted by Crippen LogP contribution is 2.20. The molecule has 1 aromatic carbocycles. The summed E-state index contributed by atoms with van der Waals surface area (Å²) in [6.07, 6.45) is 0.420. The van der Waals surface area contributed by atoms with E-state index in [4.69, 9.17) is 0 Å². The lowest BCUT2D eigenvalue weighted by molar-refractivity contribution is -0.130. The number of Topliss-reactive ketones (excluding diaryl/α,β-unsaturated/α-hetero) is 1. The number of aryl methyl sites for hydroxylation is 1. The number of anilines is 1. The summed E-state index contributed by atoms with van der Waals surface area (Å²) in [5.74, 6) is 0.773. The molecule has 29 heavy (non-hydrogen) atoms. The Labute approximate surface area is 173 Å². The average molecular weight is 397 g/mol. The van der Waals surface area contributed by atoms with Crippen molar-refractivity contribution in [1.29, 1.82) is 0 Å². The fourth-order valence-electron chi connectivity index (χ4n) is 3.90. The number of carbonyl (C=O) groups excluding carboxylic acids is 2. The monoisotopic (exact) mass is 396 g/mol.